The minimum absolute atomic E-state index is 0.685. The lowest BCUT2D eigenvalue weighted by atomic mass is 10.0. The Morgan fingerprint density at radius 1 is 1.00 bits per heavy atom. The number of hydrogen-bond donors (Lipinski definition) is 0. The van der Waals surface area contributed by atoms with Gasteiger partial charge in [0.1, 0.15) is 5.75 Å². The minimum atomic E-state index is 0.685. The fraction of sp³-hybridized carbons (Fsp3) is 0.100. The van der Waals surface area contributed by atoms with Gasteiger partial charge in [0.05, 0.1) is 18.5 Å². The number of rotatable bonds is 4. The molecule has 0 atom stereocenters. The number of nitrogens with zero attached hydrogens (tertiary/aromatic N) is 3. The van der Waals surface area contributed by atoms with Gasteiger partial charge in [-0.15, -0.1) is 11.8 Å². The fourth-order valence-electron chi connectivity index (χ4n) is 2.88. The molecule has 4 rings (SSSR count). The number of imidazole rings is 1. The van der Waals surface area contributed by atoms with Crippen molar-refractivity contribution in [3.63, 3.8) is 0 Å². The highest BCUT2D eigenvalue weighted by molar-refractivity contribution is 7.98. The molecule has 5 heteroatoms. The molecule has 2 aromatic heterocycles. The van der Waals surface area contributed by atoms with Crippen molar-refractivity contribution in [3.05, 3.63) is 67.0 Å². The Morgan fingerprint density at radius 3 is 2.60 bits per heavy atom. The van der Waals surface area contributed by atoms with Crippen molar-refractivity contribution < 1.29 is 4.74 Å². The molecule has 0 fully saturated rings. The molecule has 124 valence electrons. The Morgan fingerprint density at radius 2 is 1.84 bits per heavy atom. The van der Waals surface area contributed by atoms with Gasteiger partial charge in [-0.25, -0.2) is 9.97 Å². The number of aromatic nitrogens is 3. The van der Waals surface area contributed by atoms with Gasteiger partial charge in [0.15, 0.2) is 0 Å². The summed E-state index contributed by atoms with van der Waals surface area (Å²) in [6, 6.07) is 18.4. The number of fused-ring (bicyclic) bond motifs is 1. The molecule has 4 aromatic rings. The Hall–Kier alpha value is -2.79. The molecule has 0 saturated carbocycles. The Kier molecular flexibility index (Phi) is 4.15. The molecule has 0 N–H and O–H groups in total. The summed E-state index contributed by atoms with van der Waals surface area (Å²) in [5.74, 6) is 1.50. The summed E-state index contributed by atoms with van der Waals surface area (Å²) >= 11 is 1.73. The summed E-state index contributed by atoms with van der Waals surface area (Å²) in [4.78, 5) is 10.4. The second-order valence-electron chi connectivity index (χ2n) is 5.56. The minimum Gasteiger partial charge on any atom is -0.497 e. The zero-order valence-electron chi connectivity index (χ0n) is 14.0. The van der Waals surface area contributed by atoms with Gasteiger partial charge in [-0.1, -0.05) is 24.3 Å². The summed E-state index contributed by atoms with van der Waals surface area (Å²) in [6.07, 6.45) is 5.84. The van der Waals surface area contributed by atoms with E-state index in [9.17, 15) is 0 Å². The third-order valence-corrected chi connectivity index (χ3v) is 4.85. The summed E-state index contributed by atoms with van der Waals surface area (Å²) < 4.78 is 7.40. The molecule has 0 bridgehead atoms. The van der Waals surface area contributed by atoms with E-state index in [1.165, 1.54) is 4.90 Å². The van der Waals surface area contributed by atoms with Crippen LogP contribution in [0.15, 0.2) is 71.9 Å². The standard InChI is InChI=1S/C20H17N3OS/c1-24-16-6-3-5-15(13-16)18-19(14-7-9-17(25-2)10-8-14)23-12-4-11-21-20(23)22-18/h3-13H,1-2H3. The van der Waals surface area contributed by atoms with Crippen LogP contribution in [0.3, 0.4) is 0 Å². The van der Waals surface area contributed by atoms with Crippen LogP contribution in [0.25, 0.3) is 28.3 Å². The Labute approximate surface area is 150 Å². The van der Waals surface area contributed by atoms with Crippen LogP contribution in [0.4, 0.5) is 0 Å². The predicted octanol–water partition coefficient (Wildman–Crippen LogP) is 4.79. The average molecular weight is 347 g/mol. The van der Waals surface area contributed by atoms with Crippen LogP contribution in [0.2, 0.25) is 0 Å². The third-order valence-electron chi connectivity index (χ3n) is 4.11. The van der Waals surface area contributed by atoms with Gasteiger partial charge < -0.3 is 4.74 Å². The predicted molar refractivity (Wildman–Crippen MR) is 102 cm³/mol. The van der Waals surface area contributed by atoms with Crippen molar-refractivity contribution in [1.82, 2.24) is 14.4 Å². The van der Waals surface area contributed by atoms with E-state index < -0.39 is 0 Å². The first-order valence-electron chi connectivity index (χ1n) is 7.92. The van der Waals surface area contributed by atoms with Crippen molar-refractivity contribution in [2.45, 2.75) is 4.90 Å². The molecule has 0 amide bonds. The SMILES string of the molecule is COc1cccc(-c2nc3ncccn3c2-c2ccc(SC)cc2)c1. The number of benzene rings is 2. The number of thioether (sulfide) groups is 1. The van der Waals surface area contributed by atoms with Crippen molar-refractivity contribution in [2.24, 2.45) is 0 Å². The second-order valence-corrected chi connectivity index (χ2v) is 6.44. The molecule has 0 saturated heterocycles. The van der Waals surface area contributed by atoms with E-state index in [0.29, 0.717) is 5.78 Å². The first kappa shape index (κ1) is 15.7. The fourth-order valence-corrected chi connectivity index (χ4v) is 3.29. The van der Waals surface area contributed by atoms with Crippen LogP contribution in [0.1, 0.15) is 0 Å². The Balaban J connectivity index is 1.97. The van der Waals surface area contributed by atoms with Crippen molar-refractivity contribution in [1.29, 1.82) is 0 Å². The molecule has 4 nitrogen and oxygen atoms in total. The molecular weight excluding hydrogens is 330 g/mol. The van der Waals surface area contributed by atoms with Gasteiger partial charge in [0, 0.05) is 28.4 Å². The smallest absolute Gasteiger partial charge is 0.234 e. The monoisotopic (exact) mass is 347 g/mol. The summed E-state index contributed by atoms with van der Waals surface area (Å²) in [5, 5.41) is 0. The number of hydrogen-bond acceptors (Lipinski definition) is 4. The zero-order chi connectivity index (χ0) is 17.2. The topological polar surface area (TPSA) is 39.4 Å². The van der Waals surface area contributed by atoms with Crippen molar-refractivity contribution in [3.8, 4) is 28.3 Å². The van der Waals surface area contributed by atoms with Crippen molar-refractivity contribution >= 4 is 17.5 Å². The van der Waals surface area contributed by atoms with E-state index >= 15 is 0 Å². The largest absolute Gasteiger partial charge is 0.497 e. The van der Waals surface area contributed by atoms with Crippen LogP contribution in [0, 0.1) is 0 Å². The molecule has 0 aliphatic rings. The molecule has 0 aliphatic heterocycles. The van der Waals surface area contributed by atoms with E-state index in [1.54, 1.807) is 25.1 Å². The molecule has 2 aromatic carbocycles. The van der Waals surface area contributed by atoms with Gasteiger partial charge >= 0.3 is 0 Å². The highest BCUT2D eigenvalue weighted by Crippen LogP contribution is 2.34. The quantitative estimate of drug-likeness (QED) is 0.497. The third kappa shape index (κ3) is 2.87. The van der Waals surface area contributed by atoms with Crippen LogP contribution in [-0.2, 0) is 0 Å². The van der Waals surface area contributed by atoms with Gasteiger partial charge in [0.2, 0.25) is 5.78 Å². The number of ether oxygens (including phenoxy) is 1. The lowest BCUT2D eigenvalue weighted by molar-refractivity contribution is 0.415. The molecule has 0 aliphatic carbocycles. The van der Waals surface area contributed by atoms with Gasteiger partial charge in [0.25, 0.3) is 0 Å². The van der Waals surface area contributed by atoms with Crippen LogP contribution >= 0.6 is 11.8 Å². The van der Waals surface area contributed by atoms with Gasteiger partial charge in [-0.05, 0) is 36.6 Å². The van der Waals surface area contributed by atoms with E-state index in [1.807, 2.05) is 40.9 Å². The number of methoxy groups -OCH3 is 1. The van der Waals surface area contributed by atoms with E-state index in [4.69, 9.17) is 9.72 Å². The van der Waals surface area contributed by atoms with Crippen LogP contribution < -0.4 is 4.74 Å². The van der Waals surface area contributed by atoms with Crippen LogP contribution in [0.5, 0.6) is 5.75 Å². The van der Waals surface area contributed by atoms with Crippen molar-refractivity contribution in [2.75, 3.05) is 13.4 Å². The molecular formula is C20H17N3OS. The van der Waals surface area contributed by atoms with Gasteiger partial charge in [-0.2, -0.15) is 0 Å². The van der Waals surface area contributed by atoms with Gasteiger partial charge in [-0.3, -0.25) is 4.40 Å². The maximum absolute atomic E-state index is 5.37. The summed E-state index contributed by atoms with van der Waals surface area (Å²) in [6.45, 7) is 0. The zero-order valence-corrected chi connectivity index (χ0v) is 14.8. The normalized spacial score (nSPS) is 11.0. The lowest BCUT2D eigenvalue weighted by Crippen LogP contribution is -1.91. The highest BCUT2D eigenvalue weighted by Gasteiger charge is 2.16. The molecule has 25 heavy (non-hydrogen) atoms. The first-order chi connectivity index (χ1) is 12.3. The van der Waals surface area contributed by atoms with E-state index in [2.05, 4.69) is 35.5 Å². The highest BCUT2D eigenvalue weighted by atomic mass is 32.2. The summed E-state index contributed by atoms with van der Waals surface area (Å²) in [7, 11) is 1.67. The lowest BCUT2D eigenvalue weighted by Gasteiger charge is -2.07. The van der Waals surface area contributed by atoms with Crippen LogP contribution in [-0.4, -0.2) is 27.7 Å². The maximum Gasteiger partial charge on any atom is 0.234 e. The molecule has 0 unspecified atom stereocenters. The average Bonchev–Trinajstić information content (AvgIpc) is 3.07. The Bertz CT molecular complexity index is 1020. The summed E-state index contributed by atoms with van der Waals surface area (Å²) in [5.41, 5.74) is 4.04. The molecule has 2 heterocycles. The molecule has 0 radical (unpaired) electrons. The van der Waals surface area contributed by atoms with E-state index in [-0.39, 0.29) is 0 Å². The van der Waals surface area contributed by atoms with E-state index in [0.717, 1.165) is 28.3 Å². The molecule has 0 spiro atoms. The first-order valence-corrected chi connectivity index (χ1v) is 9.14. The second kappa shape index (κ2) is 6.61. The maximum atomic E-state index is 5.37.